The van der Waals surface area contributed by atoms with Gasteiger partial charge in [0.1, 0.15) is 17.2 Å². The zero-order valence-electron chi connectivity index (χ0n) is 14.5. The highest BCUT2D eigenvalue weighted by Crippen LogP contribution is 2.40. The molecule has 0 fully saturated rings. The van der Waals surface area contributed by atoms with E-state index < -0.39 is 23.2 Å². The van der Waals surface area contributed by atoms with Crippen LogP contribution >= 0.6 is 11.6 Å². The molecule has 0 amide bonds. The number of ether oxygens (including phenoxy) is 1. The monoisotopic (exact) mass is 411 g/mol. The van der Waals surface area contributed by atoms with Gasteiger partial charge < -0.3 is 9.84 Å². The molecule has 0 aliphatic rings. The van der Waals surface area contributed by atoms with Crippen LogP contribution in [0.15, 0.2) is 60.9 Å². The van der Waals surface area contributed by atoms with Gasteiger partial charge in [-0.05, 0) is 35.9 Å². The predicted molar refractivity (Wildman–Crippen MR) is 95.7 cm³/mol. The number of nitrogens with zero attached hydrogens (tertiary/aromatic N) is 1. The molecular formula is C20H14ClF4NO2. The van der Waals surface area contributed by atoms with Gasteiger partial charge in [0.2, 0.25) is 0 Å². The topological polar surface area (TPSA) is 42.4 Å². The second kappa shape index (κ2) is 7.41. The molecule has 1 heterocycles. The number of hydrogen-bond acceptors (Lipinski definition) is 3. The molecular weight excluding hydrogens is 398 g/mol. The molecule has 0 aliphatic heterocycles. The molecule has 0 aliphatic carbocycles. The van der Waals surface area contributed by atoms with Crippen molar-refractivity contribution in [2.75, 3.05) is 7.11 Å². The lowest BCUT2D eigenvalue weighted by atomic mass is 9.80. The number of hydrogen-bond donors (Lipinski definition) is 1. The zero-order chi connectivity index (χ0) is 20.5. The van der Waals surface area contributed by atoms with Crippen LogP contribution in [-0.2, 0) is 11.8 Å². The van der Waals surface area contributed by atoms with Crippen LogP contribution in [0.3, 0.4) is 0 Å². The lowest BCUT2D eigenvalue weighted by molar-refractivity contribution is -0.137. The Balaban J connectivity index is 2.25. The SMILES string of the molecule is COc1cncc(C(O)(c2ccc(C(F)(F)F)cc2)c2ccc(Cl)cc2F)c1. The van der Waals surface area contributed by atoms with Gasteiger partial charge in [-0.1, -0.05) is 29.8 Å². The molecule has 0 spiro atoms. The molecule has 0 saturated heterocycles. The number of halogens is 5. The van der Waals surface area contributed by atoms with Crippen molar-refractivity contribution in [3.05, 3.63) is 94.0 Å². The molecule has 3 nitrogen and oxygen atoms in total. The van der Waals surface area contributed by atoms with E-state index in [1.165, 1.54) is 37.7 Å². The molecule has 1 unspecified atom stereocenters. The van der Waals surface area contributed by atoms with Gasteiger partial charge in [0, 0.05) is 22.3 Å². The first-order chi connectivity index (χ1) is 13.2. The third kappa shape index (κ3) is 3.68. The van der Waals surface area contributed by atoms with E-state index in [4.69, 9.17) is 16.3 Å². The number of rotatable bonds is 4. The Labute approximate surface area is 163 Å². The minimum atomic E-state index is -4.54. The second-order valence-corrected chi connectivity index (χ2v) is 6.46. The molecule has 0 radical (unpaired) electrons. The number of aliphatic hydroxyl groups is 1. The molecule has 28 heavy (non-hydrogen) atoms. The Hall–Kier alpha value is -2.64. The highest BCUT2D eigenvalue weighted by Gasteiger charge is 2.38. The van der Waals surface area contributed by atoms with Crippen molar-refractivity contribution in [2.24, 2.45) is 0 Å². The van der Waals surface area contributed by atoms with E-state index in [1.54, 1.807) is 0 Å². The van der Waals surface area contributed by atoms with Crippen LogP contribution in [0.5, 0.6) is 5.75 Å². The highest BCUT2D eigenvalue weighted by molar-refractivity contribution is 6.30. The average Bonchev–Trinajstić information content (AvgIpc) is 2.67. The minimum Gasteiger partial charge on any atom is -0.495 e. The highest BCUT2D eigenvalue weighted by atomic mass is 35.5. The molecule has 0 bridgehead atoms. The van der Waals surface area contributed by atoms with Crippen LogP contribution in [0.4, 0.5) is 17.6 Å². The number of alkyl halides is 3. The first kappa shape index (κ1) is 20.1. The number of aromatic nitrogens is 1. The van der Waals surface area contributed by atoms with Crippen molar-refractivity contribution in [3.63, 3.8) is 0 Å². The molecule has 1 aromatic heterocycles. The van der Waals surface area contributed by atoms with Gasteiger partial charge in [-0.2, -0.15) is 13.2 Å². The van der Waals surface area contributed by atoms with Gasteiger partial charge in [-0.3, -0.25) is 4.98 Å². The molecule has 1 N–H and O–H groups in total. The largest absolute Gasteiger partial charge is 0.495 e. The van der Waals surface area contributed by atoms with Gasteiger partial charge in [0.25, 0.3) is 0 Å². The van der Waals surface area contributed by atoms with Crippen molar-refractivity contribution in [2.45, 2.75) is 11.8 Å². The van der Waals surface area contributed by atoms with Gasteiger partial charge in [-0.25, -0.2) is 4.39 Å². The Morgan fingerprint density at radius 2 is 1.57 bits per heavy atom. The average molecular weight is 412 g/mol. The fourth-order valence-corrected chi connectivity index (χ4v) is 3.05. The maximum Gasteiger partial charge on any atom is 0.416 e. The van der Waals surface area contributed by atoms with Crippen LogP contribution in [0.2, 0.25) is 5.02 Å². The van der Waals surface area contributed by atoms with Gasteiger partial charge in [-0.15, -0.1) is 0 Å². The van der Waals surface area contributed by atoms with E-state index in [-0.39, 0.29) is 27.5 Å². The molecule has 3 rings (SSSR count). The van der Waals surface area contributed by atoms with Gasteiger partial charge in [0.05, 0.1) is 18.9 Å². The third-order valence-corrected chi connectivity index (χ3v) is 4.55. The number of methoxy groups -OCH3 is 1. The summed E-state index contributed by atoms with van der Waals surface area (Å²) in [6.07, 6.45) is -1.87. The van der Waals surface area contributed by atoms with Crippen molar-refractivity contribution >= 4 is 11.6 Å². The Morgan fingerprint density at radius 3 is 2.14 bits per heavy atom. The van der Waals surface area contributed by atoms with E-state index in [1.807, 2.05) is 0 Å². The van der Waals surface area contributed by atoms with Crippen LogP contribution in [0.1, 0.15) is 22.3 Å². The fraction of sp³-hybridized carbons (Fsp3) is 0.150. The summed E-state index contributed by atoms with van der Waals surface area (Å²) in [6, 6.07) is 8.92. The standard InChI is InChI=1S/C20H14ClF4NO2/c1-28-16-8-14(10-26-11-16)19(27,17-7-6-15(21)9-18(17)22)12-2-4-13(5-3-12)20(23,24)25/h2-11,27H,1H3. The zero-order valence-corrected chi connectivity index (χ0v) is 15.2. The number of pyridine rings is 1. The summed E-state index contributed by atoms with van der Waals surface area (Å²) in [7, 11) is 1.39. The van der Waals surface area contributed by atoms with Crippen molar-refractivity contribution in [1.29, 1.82) is 0 Å². The van der Waals surface area contributed by atoms with Crippen LogP contribution in [0.25, 0.3) is 0 Å². The summed E-state index contributed by atoms with van der Waals surface area (Å²) < 4.78 is 58.5. The van der Waals surface area contributed by atoms with Gasteiger partial charge in [0.15, 0.2) is 0 Å². The van der Waals surface area contributed by atoms with Gasteiger partial charge >= 0.3 is 6.18 Å². The molecule has 146 valence electrons. The van der Waals surface area contributed by atoms with Crippen molar-refractivity contribution in [3.8, 4) is 5.75 Å². The molecule has 3 aromatic rings. The molecule has 2 aromatic carbocycles. The van der Waals surface area contributed by atoms with E-state index in [2.05, 4.69) is 4.98 Å². The number of benzene rings is 2. The van der Waals surface area contributed by atoms with E-state index in [0.29, 0.717) is 0 Å². The van der Waals surface area contributed by atoms with E-state index in [9.17, 15) is 22.7 Å². The van der Waals surface area contributed by atoms with E-state index in [0.717, 1.165) is 30.3 Å². The molecule has 1 atom stereocenters. The van der Waals surface area contributed by atoms with Crippen LogP contribution in [0, 0.1) is 5.82 Å². The van der Waals surface area contributed by atoms with Crippen LogP contribution in [-0.4, -0.2) is 17.2 Å². The van der Waals surface area contributed by atoms with Crippen molar-refractivity contribution in [1.82, 2.24) is 4.98 Å². The third-order valence-electron chi connectivity index (χ3n) is 4.32. The Morgan fingerprint density at radius 1 is 0.929 bits per heavy atom. The second-order valence-electron chi connectivity index (χ2n) is 6.02. The summed E-state index contributed by atoms with van der Waals surface area (Å²) >= 11 is 5.80. The Kier molecular flexibility index (Phi) is 5.32. The first-order valence-corrected chi connectivity index (χ1v) is 8.39. The minimum absolute atomic E-state index is 0.0248. The quantitative estimate of drug-likeness (QED) is 0.601. The summed E-state index contributed by atoms with van der Waals surface area (Å²) in [4.78, 5) is 3.96. The first-order valence-electron chi connectivity index (χ1n) is 8.01. The predicted octanol–water partition coefficient (Wildman–Crippen LogP) is 5.19. The summed E-state index contributed by atoms with van der Waals surface area (Å²) in [5.41, 5.74) is -3.06. The fourth-order valence-electron chi connectivity index (χ4n) is 2.89. The smallest absolute Gasteiger partial charge is 0.416 e. The van der Waals surface area contributed by atoms with Crippen LogP contribution < -0.4 is 4.74 Å². The maximum absolute atomic E-state index is 14.7. The summed E-state index contributed by atoms with van der Waals surface area (Å²) in [5, 5.41) is 11.7. The normalized spacial score (nSPS) is 13.8. The lowest BCUT2D eigenvalue weighted by Crippen LogP contribution is -2.30. The summed E-state index contributed by atoms with van der Waals surface area (Å²) in [5.74, 6) is -0.532. The molecule has 0 saturated carbocycles. The van der Waals surface area contributed by atoms with Crippen molar-refractivity contribution < 1.29 is 27.4 Å². The van der Waals surface area contributed by atoms with E-state index >= 15 is 0 Å². The maximum atomic E-state index is 14.7. The summed E-state index contributed by atoms with van der Waals surface area (Å²) in [6.45, 7) is 0. The molecule has 8 heteroatoms. The Bertz CT molecular complexity index is 992. The lowest BCUT2D eigenvalue weighted by Gasteiger charge is -2.30.